The van der Waals surface area contributed by atoms with E-state index in [2.05, 4.69) is 10.0 Å². The number of aliphatic hydroxyl groups excluding tert-OH is 1. The maximum atomic E-state index is 13.6. The molecule has 33 heavy (non-hydrogen) atoms. The molecular weight excluding hydrogens is 447 g/mol. The molecule has 4 rings (SSSR count). The van der Waals surface area contributed by atoms with Gasteiger partial charge in [0, 0.05) is 11.3 Å². The van der Waals surface area contributed by atoms with Gasteiger partial charge in [-0.3, -0.25) is 4.79 Å². The third kappa shape index (κ3) is 5.05. The summed E-state index contributed by atoms with van der Waals surface area (Å²) in [5.74, 6) is -0.491. The fraction of sp³-hybridized carbons (Fsp3) is 0.208. The average molecular weight is 471 g/mol. The van der Waals surface area contributed by atoms with E-state index < -0.39 is 28.0 Å². The molecule has 0 fully saturated rings. The van der Waals surface area contributed by atoms with Crippen molar-refractivity contribution >= 4 is 21.6 Å². The van der Waals surface area contributed by atoms with Crippen molar-refractivity contribution < 1.29 is 27.4 Å². The van der Waals surface area contributed by atoms with Crippen LogP contribution in [0.25, 0.3) is 0 Å². The molecule has 0 radical (unpaired) electrons. The van der Waals surface area contributed by atoms with Gasteiger partial charge < -0.3 is 15.2 Å². The fourth-order valence-corrected chi connectivity index (χ4v) is 5.13. The Hall–Kier alpha value is -3.27. The fourth-order valence-electron chi connectivity index (χ4n) is 3.85. The van der Waals surface area contributed by atoms with Crippen LogP contribution in [0.5, 0.6) is 5.75 Å². The van der Waals surface area contributed by atoms with Gasteiger partial charge in [-0.1, -0.05) is 18.2 Å². The molecule has 9 heteroatoms. The molecule has 1 amide bonds. The monoisotopic (exact) mass is 470 g/mol. The molecule has 0 aromatic heterocycles. The minimum absolute atomic E-state index is 0.232. The zero-order valence-electron chi connectivity index (χ0n) is 17.8. The van der Waals surface area contributed by atoms with Gasteiger partial charge in [-0.05, 0) is 72.5 Å². The lowest BCUT2D eigenvalue weighted by Gasteiger charge is -2.31. The van der Waals surface area contributed by atoms with Gasteiger partial charge in [0.25, 0.3) is 5.91 Å². The molecule has 0 spiro atoms. The van der Waals surface area contributed by atoms with E-state index in [1.165, 1.54) is 19.2 Å². The third-order valence-corrected chi connectivity index (χ3v) is 6.99. The molecule has 1 aliphatic rings. The van der Waals surface area contributed by atoms with Crippen LogP contribution in [-0.2, 0) is 16.4 Å². The zero-order chi connectivity index (χ0) is 23.6. The Morgan fingerprint density at radius 3 is 2.64 bits per heavy atom. The minimum Gasteiger partial charge on any atom is -0.497 e. The number of sulfonamides is 1. The number of fused-ring (bicyclic) bond motifs is 1. The summed E-state index contributed by atoms with van der Waals surface area (Å²) in [6.45, 7) is 0. The van der Waals surface area contributed by atoms with E-state index in [4.69, 9.17) is 4.74 Å². The number of carbonyl (C=O) groups is 1. The molecule has 7 nitrogen and oxygen atoms in total. The molecule has 3 N–H and O–H groups in total. The van der Waals surface area contributed by atoms with E-state index in [9.17, 15) is 22.7 Å². The van der Waals surface area contributed by atoms with Gasteiger partial charge in [0.05, 0.1) is 24.2 Å². The first-order chi connectivity index (χ1) is 15.8. The highest BCUT2D eigenvalue weighted by Crippen LogP contribution is 2.33. The molecule has 3 aromatic carbocycles. The van der Waals surface area contributed by atoms with Gasteiger partial charge in [-0.2, -0.15) is 0 Å². The number of aliphatic hydroxyl groups is 1. The standard InChI is InChI=1S/C24H23FN2O5S/c1-32-19-6-2-4-16(12-19)24(29)26-18-10-8-15-9-11-22(28)23(21(15)14-18)27-33(30,31)20-7-3-5-17(25)13-20/h2-8,10,12-14,22-23,27-28H,9,11H2,1H3,(H,26,29)/t22-,23-/m1/s1. The Morgan fingerprint density at radius 2 is 1.88 bits per heavy atom. The third-order valence-electron chi connectivity index (χ3n) is 5.55. The summed E-state index contributed by atoms with van der Waals surface area (Å²) in [6.07, 6.45) is -0.0670. The Bertz CT molecular complexity index is 1300. The Morgan fingerprint density at radius 1 is 1.09 bits per heavy atom. The van der Waals surface area contributed by atoms with Gasteiger partial charge in [0.15, 0.2) is 0 Å². The van der Waals surface area contributed by atoms with Crippen LogP contribution in [0.1, 0.15) is 33.9 Å². The SMILES string of the molecule is COc1cccc(C(=O)Nc2ccc3c(c2)[C@@H](NS(=O)(=O)c2cccc(F)c2)[C@H](O)CC3)c1. The second-order valence-electron chi connectivity index (χ2n) is 7.76. The average Bonchev–Trinajstić information content (AvgIpc) is 2.81. The predicted molar refractivity (Wildman–Crippen MR) is 121 cm³/mol. The highest BCUT2D eigenvalue weighted by Gasteiger charge is 2.32. The van der Waals surface area contributed by atoms with Gasteiger partial charge in [-0.25, -0.2) is 17.5 Å². The first-order valence-electron chi connectivity index (χ1n) is 10.3. The summed E-state index contributed by atoms with van der Waals surface area (Å²) < 4.78 is 46.9. The number of rotatable bonds is 6. The number of amides is 1. The van der Waals surface area contributed by atoms with Crippen molar-refractivity contribution in [3.05, 3.63) is 89.2 Å². The van der Waals surface area contributed by atoms with Crippen LogP contribution in [0.2, 0.25) is 0 Å². The van der Waals surface area contributed by atoms with Gasteiger partial charge in [-0.15, -0.1) is 0 Å². The lowest BCUT2D eigenvalue weighted by atomic mass is 9.86. The zero-order valence-corrected chi connectivity index (χ0v) is 18.6. The van der Waals surface area contributed by atoms with E-state index >= 15 is 0 Å². The summed E-state index contributed by atoms with van der Waals surface area (Å²) in [5, 5.41) is 13.4. The van der Waals surface area contributed by atoms with E-state index in [1.54, 1.807) is 42.5 Å². The summed E-state index contributed by atoms with van der Waals surface area (Å²) in [5.41, 5.74) is 2.25. The number of anilines is 1. The van der Waals surface area contributed by atoms with Crippen LogP contribution in [0, 0.1) is 5.82 Å². The normalized spacial score (nSPS) is 17.8. The van der Waals surface area contributed by atoms with Crippen molar-refractivity contribution in [3.8, 4) is 5.75 Å². The summed E-state index contributed by atoms with van der Waals surface area (Å²) >= 11 is 0. The maximum absolute atomic E-state index is 13.6. The lowest BCUT2D eigenvalue weighted by Crippen LogP contribution is -2.39. The summed E-state index contributed by atoms with van der Waals surface area (Å²) in [6, 6.07) is 15.6. The number of benzene rings is 3. The van der Waals surface area contributed by atoms with Crippen molar-refractivity contribution in [2.75, 3.05) is 12.4 Å². The van der Waals surface area contributed by atoms with E-state index in [0.29, 0.717) is 35.4 Å². The number of hydrogen-bond donors (Lipinski definition) is 3. The molecule has 0 saturated heterocycles. The molecule has 1 aliphatic carbocycles. The second-order valence-corrected chi connectivity index (χ2v) is 9.48. The number of halogens is 1. The van der Waals surface area contributed by atoms with Crippen LogP contribution in [0.3, 0.4) is 0 Å². The number of nitrogens with one attached hydrogen (secondary N) is 2. The molecule has 0 unspecified atom stereocenters. The first-order valence-corrected chi connectivity index (χ1v) is 11.8. The van der Waals surface area contributed by atoms with Crippen LogP contribution in [0.4, 0.5) is 10.1 Å². The van der Waals surface area contributed by atoms with E-state index in [-0.39, 0.29) is 10.8 Å². The van der Waals surface area contributed by atoms with Crippen LogP contribution < -0.4 is 14.8 Å². The summed E-state index contributed by atoms with van der Waals surface area (Å²) in [4.78, 5) is 12.4. The van der Waals surface area contributed by atoms with Crippen LogP contribution >= 0.6 is 0 Å². The molecule has 2 atom stereocenters. The first kappa shape index (κ1) is 22.9. The number of carbonyl (C=O) groups excluding carboxylic acids is 1. The molecular formula is C24H23FN2O5S. The number of aryl methyl sites for hydroxylation is 1. The highest BCUT2D eigenvalue weighted by molar-refractivity contribution is 7.89. The van der Waals surface area contributed by atoms with Crippen molar-refractivity contribution in [1.82, 2.24) is 4.72 Å². The van der Waals surface area contributed by atoms with Gasteiger partial charge >= 0.3 is 0 Å². The second kappa shape index (κ2) is 9.30. The van der Waals surface area contributed by atoms with Crippen molar-refractivity contribution in [3.63, 3.8) is 0 Å². The molecule has 0 bridgehead atoms. The summed E-state index contributed by atoms with van der Waals surface area (Å²) in [7, 11) is -2.59. The van der Waals surface area contributed by atoms with Crippen molar-refractivity contribution in [2.24, 2.45) is 0 Å². The quantitative estimate of drug-likeness (QED) is 0.512. The van der Waals surface area contributed by atoms with Gasteiger partial charge in [0.2, 0.25) is 10.0 Å². The number of methoxy groups -OCH3 is 1. The smallest absolute Gasteiger partial charge is 0.255 e. The van der Waals surface area contributed by atoms with E-state index in [1.807, 2.05) is 0 Å². The van der Waals surface area contributed by atoms with Gasteiger partial charge in [0.1, 0.15) is 11.6 Å². The highest BCUT2D eigenvalue weighted by atomic mass is 32.2. The molecule has 0 aliphatic heterocycles. The predicted octanol–water partition coefficient (Wildman–Crippen LogP) is 3.41. The molecule has 0 saturated carbocycles. The van der Waals surface area contributed by atoms with Crippen LogP contribution in [0.15, 0.2) is 71.6 Å². The number of hydrogen-bond acceptors (Lipinski definition) is 5. The molecule has 0 heterocycles. The topological polar surface area (TPSA) is 105 Å². The van der Waals surface area contributed by atoms with Crippen molar-refractivity contribution in [2.45, 2.75) is 29.9 Å². The molecule has 172 valence electrons. The Labute approximate surface area is 191 Å². The van der Waals surface area contributed by atoms with E-state index in [0.717, 1.165) is 17.7 Å². The Balaban J connectivity index is 1.61. The lowest BCUT2D eigenvalue weighted by molar-refractivity contribution is 0.102. The Kier molecular flexibility index (Phi) is 6.46. The van der Waals surface area contributed by atoms with Crippen molar-refractivity contribution in [1.29, 1.82) is 0 Å². The largest absolute Gasteiger partial charge is 0.497 e. The number of ether oxygens (including phenoxy) is 1. The van der Waals surface area contributed by atoms with Crippen LogP contribution in [-0.4, -0.2) is 32.6 Å². The maximum Gasteiger partial charge on any atom is 0.255 e. The molecule has 3 aromatic rings. The minimum atomic E-state index is -4.10.